The molecule has 3 fully saturated rings. The lowest BCUT2D eigenvalue weighted by molar-refractivity contribution is -0.149. The summed E-state index contributed by atoms with van der Waals surface area (Å²) in [6.45, 7) is 2.25. The van der Waals surface area contributed by atoms with Crippen molar-refractivity contribution in [1.29, 1.82) is 0 Å². The molecule has 1 aromatic rings. The lowest BCUT2D eigenvalue weighted by atomic mass is 10.1. The molecule has 27 heavy (non-hydrogen) atoms. The van der Waals surface area contributed by atoms with Crippen LogP contribution in [0.25, 0.3) is 0 Å². The van der Waals surface area contributed by atoms with Gasteiger partial charge >= 0.3 is 0 Å². The molecule has 1 unspecified atom stereocenters. The van der Waals surface area contributed by atoms with E-state index < -0.39 is 0 Å². The van der Waals surface area contributed by atoms with E-state index in [1.807, 2.05) is 17.0 Å². The number of piperazine rings is 1. The van der Waals surface area contributed by atoms with Crippen LogP contribution >= 0.6 is 0 Å². The average Bonchev–Trinajstić information content (AvgIpc) is 3.32. The Balaban J connectivity index is 1.33. The average molecular weight is 370 g/mol. The van der Waals surface area contributed by atoms with E-state index in [1.54, 1.807) is 22.2 Å². The summed E-state index contributed by atoms with van der Waals surface area (Å²) in [5.74, 6) is -0.359. The quantitative estimate of drug-likeness (QED) is 0.794. The molecule has 1 saturated carbocycles. The van der Waals surface area contributed by atoms with Gasteiger partial charge in [-0.05, 0) is 24.5 Å². The summed E-state index contributed by atoms with van der Waals surface area (Å²) in [5.41, 5.74) is 0.958. The Morgan fingerprint density at radius 2 is 1.96 bits per heavy atom. The van der Waals surface area contributed by atoms with Gasteiger partial charge in [-0.25, -0.2) is 0 Å². The molecule has 7 heteroatoms. The fourth-order valence-corrected chi connectivity index (χ4v) is 4.54. The van der Waals surface area contributed by atoms with Gasteiger partial charge in [0.1, 0.15) is 0 Å². The Hall–Kier alpha value is -2.44. The standard InChI is InChI=1S/C20H26N4O3/c25-18-10-16(13-23(18)12-15-4-3-7-21-11-15)20(27)22-8-9-24(19(26)14-22)17-5-1-2-6-17/h3-4,7,11,16-17H,1-2,5-6,8-10,12-14H2. The molecule has 0 N–H and O–H groups in total. The zero-order valence-electron chi connectivity index (χ0n) is 15.5. The first-order chi connectivity index (χ1) is 13.1. The van der Waals surface area contributed by atoms with E-state index in [4.69, 9.17) is 0 Å². The Morgan fingerprint density at radius 3 is 2.67 bits per heavy atom. The molecule has 1 aromatic heterocycles. The summed E-state index contributed by atoms with van der Waals surface area (Å²) in [6, 6.07) is 4.13. The summed E-state index contributed by atoms with van der Waals surface area (Å²) < 4.78 is 0. The maximum absolute atomic E-state index is 12.9. The molecule has 1 aliphatic carbocycles. The van der Waals surface area contributed by atoms with Crippen molar-refractivity contribution in [3.63, 3.8) is 0 Å². The highest BCUT2D eigenvalue weighted by Crippen LogP contribution is 2.26. The SMILES string of the molecule is O=C1CC(C(=O)N2CCN(C3CCCC3)C(=O)C2)CN1Cc1cccnc1. The van der Waals surface area contributed by atoms with Crippen LogP contribution in [0, 0.1) is 5.92 Å². The number of aromatic nitrogens is 1. The number of hydrogen-bond acceptors (Lipinski definition) is 4. The maximum atomic E-state index is 12.9. The smallest absolute Gasteiger partial charge is 0.242 e. The molecule has 2 saturated heterocycles. The van der Waals surface area contributed by atoms with Gasteiger partial charge in [0, 0.05) is 51.0 Å². The van der Waals surface area contributed by atoms with Gasteiger partial charge in [0.25, 0.3) is 0 Å². The molecule has 1 atom stereocenters. The number of carbonyl (C=O) groups is 3. The van der Waals surface area contributed by atoms with Crippen molar-refractivity contribution in [1.82, 2.24) is 19.7 Å². The van der Waals surface area contributed by atoms with E-state index in [9.17, 15) is 14.4 Å². The molecule has 3 amide bonds. The van der Waals surface area contributed by atoms with E-state index in [0.29, 0.717) is 32.2 Å². The molecule has 2 aliphatic heterocycles. The molecule has 0 radical (unpaired) electrons. The Kier molecular flexibility index (Phi) is 5.09. The van der Waals surface area contributed by atoms with E-state index in [0.717, 1.165) is 18.4 Å². The lowest BCUT2D eigenvalue weighted by Gasteiger charge is -2.38. The van der Waals surface area contributed by atoms with Gasteiger partial charge in [-0.2, -0.15) is 0 Å². The minimum Gasteiger partial charge on any atom is -0.337 e. The van der Waals surface area contributed by atoms with Crippen LogP contribution in [0.4, 0.5) is 0 Å². The van der Waals surface area contributed by atoms with Gasteiger partial charge in [0.05, 0.1) is 12.5 Å². The molecular formula is C20H26N4O3. The topological polar surface area (TPSA) is 73.8 Å². The fraction of sp³-hybridized carbons (Fsp3) is 0.600. The molecule has 0 bridgehead atoms. The van der Waals surface area contributed by atoms with Crippen LogP contribution < -0.4 is 0 Å². The molecule has 4 rings (SSSR count). The number of carbonyl (C=O) groups excluding carboxylic acids is 3. The fourth-order valence-electron chi connectivity index (χ4n) is 4.54. The van der Waals surface area contributed by atoms with Gasteiger partial charge in [-0.15, -0.1) is 0 Å². The molecule has 144 valence electrons. The van der Waals surface area contributed by atoms with Gasteiger partial charge in [0.2, 0.25) is 17.7 Å². The summed E-state index contributed by atoms with van der Waals surface area (Å²) >= 11 is 0. The van der Waals surface area contributed by atoms with Crippen LogP contribution in [0.1, 0.15) is 37.7 Å². The summed E-state index contributed by atoms with van der Waals surface area (Å²) in [5, 5.41) is 0. The maximum Gasteiger partial charge on any atom is 0.242 e. The normalized spacial score (nSPS) is 24.1. The molecule has 3 aliphatic rings. The van der Waals surface area contributed by atoms with Crippen molar-refractivity contribution in [3.8, 4) is 0 Å². The van der Waals surface area contributed by atoms with Gasteiger partial charge in [0.15, 0.2) is 0 Å². The molecule has 0 aromatic carbocycles. The van der Waals surface area contributed by atoms with Crippen LogP contribution in [-0.2, 0) is 20.9 Å². The Bertz CT molecular complexity index is 717. The van der Waals surface area contributed by atoms with E-state index in [2.05, 4.69) is 4.98 Å². The van der Waals surface area contributed by atoms with Crippen LogP contribution in [0.15, 0.2) is 24.5 Å². The third-order valence-corrected chi connectivity index (χ3v) is 5.99. The van der Waals surface area contributed by atoms with E-state index in [1.165, 1.54) is 12.8 Å². The predicted molar refractivity (Wildman–Crippen MR) is 98.3 cm³/mol. The lowest BCUT2D eigenvalue weighted by Crippen LogP contribution is -2.56. The monoisotopic (exact) mass is 370 g/mol. The Morgan fingerprint density at radius 1 is 1.15 bits per heavy atom. The van der Waals surface area contributed by atoms with Crippen molar-refractivity contribution in [2.75, 3.05) is 26.2 Å². The van der Waals surface area contributed by atoms with Crippen molar-refractivity contribution >= 4 is 17.7 Å². The second kappa shape index (κ2) is 7.66. The van der Waals surface area contributed by atoms with Crippen molar-refractivity contribution in [3.05, 3.63) is 30.1 Å². The second-order valence-electron chi connectivity index (χ2n) is 7.82. The molecular weight excluding hydrogens is 344 g/mol. The van der Waals surface area contributed by atoms with Crippen LogP contribution in [0.2, 0.25) is 0 Å². The first-order valence-corrected chi connectivity index (χ1v) is 9.87. The highest BCUT2D eigenvalue weighted by atomic mass is 16.2. The van der Waals surface area contributed by atoms with Gasteiger partial charge in [-0.3, -0.25) is 19.4 Å². The third kappa shape index (κ3) is 3.82. The number of pyridine rings is 1. The molecule has 7 nitrogen and oxygen atoms in total. The zero-order valence-corrected chi connectivity index (χ0v) is 15.5. The summed E-state index contributed by atoms with van der Waals surface area (Å²) in [7, 11) is 0. The van der Waals surface area contributed by atoms with E-state index in [-0.39, 0.29) is 36.6 Å². The highest BCUT2D eigenvalue weighted by molar-refractivity contribution is 5.92. The minimum absolute atomic E-state index is 0.00637. The third-order valence-electron chi connectivity index (χ3n) is 5.99. The van der Waals surface area contributed by atoms with Gasteiger partial charge in [-0.1, -0.05) is 18.9 Å². The number of amides is 3. The predicted octanol–water partition coefficient (Wildman–Crippen LogP) is 1.04. The number of likely N-dealkylation sites (tertiary alicyclic amines) is 1. The zero-order chi connectivity index (χ0) is 18.8. The highest BCUT2D eigenvalue weighted by Gasteiger charge is 2.39. The second-order valence-corrected chi connectivity index (χ2v) is 7.82. The molecule has 0 spiro atoms. The Labute approximate surface area is 159 Å². The summed E-state index contributed by atoms with van der Waals surface area (Å²) in [6.07, 6.45) is 8.21. The number of rotatable bonds is 4. The van der Waals surface area contributed by atoms with E-state index >= 15 is 0 Å². The van der Waals surface area contributed by atoms with Crippen molar-refractivity contribution < 1.29 is 14.4 Å². The largest absolute Gasteiger partial charge is 0.337 e. The van der Waals surface area contributed by atoms with Crippen LogP contribution in [0.5, 0.6) is 0 Å². The molecule has 3 heterocycles. The minimum atomic E-state index is -0.347. The first-order valence-electron chi connectivity index (χ1n) is 9.87. The van der Waals surface area contributed by atoms with Gasteiger partial charge < -0.3 is 14.7 Å². The summed E-state index contributed by atoms with van der Waals surface area (Å²) in [4.78, 5) is 47.1. The number of hydrogen-bond donors (Lipinski definition) is 0. The van der Waals surface area contributed by atoms with Crippen molar-refractivity contribution in [2.24, 2.45) is 5.92 Å². The van der Waals surface area contributed by atoms with Crippen LogP contribution in [0.3, 0.4) is 0 Å². The first kappa shape index (κ1) is 17.9. The number of nitrogens with zero attached hydrogens (tertiary/aromatic N) is 4. The van der Waals surface area contributed by atoms with Crippen molar-refractivity contribution in [2.45, 2.75) is 44.7 Å². The van der Waals surface area contributed by atoms with Crippen LogP contribution in [-0.4, -0.2) is 69.6 Å².